The standard InChI is InChI=1S/C19H22N2O3S2/c1-5-24-18(22)15-10-6-7-11-16(15)25-17-14(9-8-12-20-17)13-21-26(23)19(2,3)4/h6-13H,5H2,1-4H3/b21-13-. The van der Waals surface area contributed by atoms with Crippen LogP contribution in [-0.4, -0.2) is 32.7 Å². The lowest BCUT2D eigenvalue weighted by atomic mass is 10.2. The van der Waals surface area contributed by atoms with Crippen molar-refractivity contribution in [3.05, 3.63) is 53.7 Å². The second-order valence-electron chi connectivity index (χ2n) is 6.31. The van der Waals surface area contributed by atoms with Crippen molar-refractivity contribution in [1.29, 1.82) is 0 Å². The van der Waals surface area contributed by atoms with Gasteiger partial charge in [0.25, 0.3) is 0 Å². The molecule has 0 aliphatic rings. The number of benzene rings is 1. The third kappa shape index (κ3) is 5.51. The van der Waals surface area contributed by atoms with Crippen LogP contribution in [0.3, 0.4) is 0 Å². The number of pyridine rings is 1. The van der Waals surface area contributed by atoms with Crippen LogP contribution in [0.1, 0.15) is 43.6 Å². The second kappa shape index (κ2) is 9.09. The van der Waals surface area contributed by atoms with Crippen LogP contribution in [0.5, 0.6) is 0 Å². The Bertz CT molecular complexity index is 830. The maximum Gasteiger partial charge on any atom is 0.339 e. The van der Waals surface area contributed by atoms with Crippen molar-refractivity contribution in [3.8, 4) is 0 Å². The van der Waals surface area contributed by atoms with Crippen molar-refractivity contribution in [2.24, 2.45) is 4.40 Å². The molecule has 26 heavy (non-hydrogen) atoms. The van der Waals surface area contributed by atoms with Gasteiger partial charge in [-0.05, 0) is 52.0 Å². The summed E-state index contributed by atoms with van der Waals surface area (Å²) in [4.78, 5) is 17.3. The maximum atomic E-state index is 12.1. The number of carbonyl (C=O) groups excluding carboxylic acids is 1. The van der Waals surface area contributed by atoms with Crippen LogP contribution in [-0.2, 0) is 15.7 Å². The highest BCUT2D eigenvalue weighted by molar-refractivity contribution is 7.99. The van der Waals surface area contributed by atoms with Gasteiger partial charge in [0, 0.05) is 22.9 Å². The molecule has 0 aliphatic carbocycles. The van der Waals surface area contributed by atoms with Gasteiger partial charge in [-0.2, -0.15) is 4.40 Å². The van der Waals surface area contributed by atoms with E-state index in [9.17, 15) is 9.00 Å². The number of hydrogen-bond acceptors (Lipinski definition) is 5. The van der Waals surface area contributed by atoms with Gasteiger partial charge in [-0.15, -0.1) is 0 Å². The SMILES string of the molecule is CCOC(=O)c1ccccc1Sc1ncccc1/C=N\S(=O)C(C)(C)C. The molecule has 7 heteroatoms. The zero-order chi connectivity index (χ0) is 19.2. The van der Waals surface area contributed by atoms with E-state index in [1.807, 2.05) is 39.0 Å². The normalized spacial score (nSPS) is 12.9. The molecule has 138 valence electrons. The molecule has 0 amide bonds. The largest absolute Gasteiger partial charge is 0.462 e. The summed E-state index contributed by atoms with van der Waals surface area (Å²) < 4.78 is 21.0. The lowest BCUT2D eigenvalue weighted by molar-refractivity contribution is 0.0522. The van der Waals surface area contributed by atoms with Crippen LogP contribution >= 0.6 is 11.8 Å². The van der Waals surface area contributed by atoms with Crippen LogP contribution in [0.2, 0.25) is 0 Å². The molecule has 0 N–H and O–H groups in total. The van der Waals surface area contributed by atoms with E-state index in [4.69, 9.17) is 4.74 Å². The Morgan fingerprint density at radius 2 is 2.00 bits per heavy atom. The molecular weight excluding hydrogens is 368 g/mol. The first-order valence-electron chi connectivity index (χ1n) is 8.18. The summed E-state index contributed by atoms with van der Waals surface area (Å²) in [7, 11) is -1.35. The molecule has 5 nitrogen and oxygen atoms in total. The molecule has 1 aromatic carbocycles. The quantitative estimate of drug-likeness (QED) is 0.544. The van der Waals surface area contributed by atoms with Crippen LogP contribution in [0.15, 0.2) is 56.9 Å². The molecule has 1 unspecified atom stereocenters. The fourth-order valence-corrected chi connectivity index (χ4v) is 3.38. The fraction of sp³-hybridized carbons (Fsp3) is 0.316. The molecule has 0 spiro atoms. The third-order valence-electron chi connectivity index (χ3n) is 3.20. The van der Waals surface area contributed by atoms with Gasteiger partial charge in [-0.1, -0.05) is 23.9 Å². The maximum absolute atomic E-state index is 12.1. The van der Waals surface area contributed by atoms with E-state index in [1.165, 1.54) is 11.8 Å². The summed E-state index contributed by atoms with van der Waals surface area (Å²) in [6.45, 7) is 7.70. The number of carbonyl (C=O) groups is 1. The first-order valence-corrected chi connectivity index (χ1v) is 10.1. The van der Waals surface area contributed by atoms with Gasteiger partial charge >= 0.3 is 5.97 Å². The van der Waals surface area contributed by atoms with Gasteiger partial charge < -0.3 is 4.74 Å². The average molecular weight is 391 g/mol. The van der Waals surface area contributed by atoms with Gasteiger partial charge in [-0.25, -0.2) is 14.0 Å². The highest BCUT2D eigenvalue weighted by Crippen LogP contribution is 2.31. The first-order chi connectivity index (χ1) is 12.3. The summed E-state index contributed by atoms with van der Waals surface area (Å²) in [6.07, 6.45) is 3.25. The lowest BCUT2D eigenvalue weighted by Gasteiger charge is -2.13. The molecule has 0 aliphatic heterocycles. The Morgan fingerprint density at radius 3 is 2.69 bits per heavy atom. The molecule has 1 atom stereocenters. The van der Waals surface area contributed by atoms with E-state index in [-0.39, 0.29) is 5.97 Å². The Hall–Kier alpha value is -1.99. The Morgan fingerprint density at radius 1 is 1.27 bits per heavy atom. The van der Waals surface area contributed by atoms with Crippen LogP contribution in [0.25, 0.3) is 0 Å². The van der Waals surface area contributed by atoms with Gasteiger partial charge in [0.1, 0.15) is 16.0 Å². The van der Waals surface area contributed by atoms with Crippen molar-refractivity contribution in [1.82, 2.24) is 4.98 Å². The molecule has 0 fully saturated rings. The topological polar surface area (TPSA) is 68.6 Å². The van der Waals surface area contributed by atoms with E-state index in [0.29, 0.717) is 17.2 Å². The highest BCUT2D eigenvalue weighted by atomic mass is 32.2. The Labute approximate surface area is 160 Å². The number of nitrogens with zero attached hydrogens (tertiary/aromatic N) is 2. The van der Waals surface area contributed by atoms with Crippen molar-refractivity contribution >= 4 is 34.9 Å². The monoisotopic (exact) mass is 390 g/mol. The summed E-state index contributed by atoms with van der Waals surface area (Å²) in [5, 5.41) is 0.680. The fourth-order valence-electron chi connectivity index (χ4n) is 1.89. The number of rotatable bonds is 6. The zero-order valence-electron chi connectivity index (χ0n) is 15.3. The van der Waals surface area contributed by atoms with Gasteiger partial charge in [0.15, 0.2) is 0 Å². The number of esters is 1. The van der Waals surface area contributed by atoms with E-state index >= 15 is 0 Å². The average Bonchev–Trinajstić information content (AvgIpc) is 2.60. The Balaban J connectivity index is 2.31. The van der Waals surface area contributed by atoms with Crippen molar-refractivity contribution in [2.75, 3.05) is 6.61 Å². The van der Waals surface area contributed by atoms with Gasteiger partial charge in [-0.3, -0.25) is 0 Å². The molecule has 2 rings (SSSR count). The second-order valence-corrected chi connectivity index (χ2v) is 9.28. The summed E-state index contributed by atoms with van der Waals surface area (Å²) in [6, 6.07) is 10.9. The molecular formula is C19H22N2O3S2. The van der Waals surface area contributed by atoms with E-state index in [0.717, 1.165) is 10.5 Å². The summed E-state index contributed by atoms with van der Waals surface area (Å²) in [5.74, 6) is -0.365. The molecule has 0 radical (unpaired) electrons. The predicted octanol–water partition coefficient (Wildman–Crippen LogP) is 4.29. The summed E-state index contributed by atoms with van der Waals surface area (Å²) >= 11 is 1.35. The molecule has 0 saturated heterocycles. The predicted molar refractivity (Wildman–Crippen MR) is 106 cm³/mol. The van der Waals surface area contributed by atoms with Crippen molar-refractivity contribution in [2.45, 2.75) is 42.4 Å². The van der Waals surface area contributed by atoms with Gasteiger partial charge in [0.05, 0.1) is 16.9 Å². The molecule has 1 heterocycles. The number of hydrogen-bond donors (Lipinski definition) is 0. The minimum atomic E-state index is -1.35. The third-order valence-corrected chi connectivity index (χ3v) is 5.66. The Kier molecular flexibility index (Phi) is 7.11. The summed E-state index contributed by atoms with van der Waals surface area (Å²) in [5.41, 5.74) is 1.24. The van der Waals surface area contributed by atoms with Gasteiger partial charge in [0.2, 0.25) is 0 Å². The zero-order valence-corrected chi connectivity index (χ0v) is 16.9. The van der Waals surface area contributed by atoms with E-state index in [2.05, 4.69) is 9.38 Å². The van der Waals surface area contributed by atoms with Crippen molar-refractivity contribution in [3.63, 3.8) is 0 Å². The number of ether oxygens (including phenoxy) is 1. The smallest absolute Gasteiger partial charge is 0.339 e. The minimum absolute atomic E-state index is 0.317. The van der Waals surface area contributed by atoms with Crippen molar-refractivity contribution < 1.29 is 13.7 Å². The highest BCUT2D eigenvalue weighted by Gasteiger charge is 2.19. The molecule has 0 saturated carbocycles. The van der Waals surface area contributed by atoms with Crippen LogP contribution < -0.4 is 0 Å². The molecule has 0 bridgehead atoms. The van der Waals surface area contributed by atoms with E-state index < -0.39 is 15.7 Å². The molecule has 2 aromatic rings. The van der Waals surface area contributed by atoms with Crippen LogP contribution in [0, 0.1) is 0 Å². The number of aromatic nitrogens is 1. The minimum Gasteiger partial charge on any atom is -0.462 e. The molecule has 1 aromatic heterocycles. The lowest BCUT2D eigenvalue weighted by Crippen LogP contribution is -2.19. The van der Waals surface area contributed by atoms with E-state index in [1.54, 1.807) is 37.5 Å². The van der Waals surface area contributed by atoms with Crippen LogP contribution in [0.4, 0.5) is 0 Å². The first kappa shape index (κ1) is 20.3.